The Hall–Kier alpha value is -1.55. The summed E-state index contributed by atoms with van der Waals surface area (Å²) in [6, 6.07) is 7.44. The van der Waals surface area contributed by atoms with Crippen molar-refractivity contribution in [2.45, 2.75) is 52.0 Å². The molecule has 2 amide bonds. The van der Waals surface area contributed by atoms with E-state index in [0.717, 1.165) is 24.2 Å². The fourth-order valence-corrected chi connectivity index (χ4v) is 2.01. The lowest BCUT2D eigenvalue weighted by molar-refractivity contribution is 0.252. The Morgan fingerprint density at radius 3 is 2.35 bits per heavy atom. The van der Waals surface area contributed by atoms with Crippen LogP contribution in [0, 0.1) is 0 Å². The SMILES string of the molecule is CCCCCCCCNC(=O)Nc1ccc(CN)cc1. The Morgan fingerprint density at radius 2 is 1.70 bits per heavy atom. The zero-order valence-corrected chi connectivity index (χ0v) is 12.5. The number of carbonyl (C=O) groups is 1. The second kappa shape index (κ2) is 10.3. The van der Waals surface area contributed by atoms with Crippen LogP contribution in [0.25, 0.3) is 0 Å². The highest BCUT2D eigenvalue weighted by Crippen LogP contribution is 2.09. The second-order valence-electron chi connectivity index (χ2n) is 5.05. The van der Waals surface area contributed by atoms with Crippen LogP contribution in [0.3, 0.4) is 0 Å². The van der Waals surface area contributed by atoms with Gasteiger partial charge < -0.3 is 16.4 Å². The van der Waals surface area contributed by atoms with Gasteiger partial charge in [0, 0.05) is 18.8 Å². The molecule has 0 aliphatic rings. The highest BCUT2D eigenvalue weighted by molar-refractivity contribution is 5.89. The smallest absolute Gasteiger partial charge is 0.319 e. The lowest BCUT2D eigenvalue weighted by atomic mass is 10.1. The van der Waals surface area contributed by atoms with Gasteiger partial charge in [-0.3, -0.25) is 0 Å². The van der Waals surface area contributed by atoms with Crippen molar-refractivity contribution in [1.29, 1.82) is 0 Å². The minimum Gasteiger partial charge on any atom is -0.338 e. The Kier molecular flexibility index (Phi) is 8.47. The summed E-state index contributed by atoms with van der Waals surface area (Å²) in [7, 11) is 0. The lowest BCUT2D eigenvalue weighted by Crippen LogP contribution is -2.29. The van der Waals surface area contributed by atoms with E-state index in [2.05, 4.69) is 17.6 Å². The van der Waals surface area contributed by atoms with Crippen molar-refractivity contribution in [1.82, 2.24) is 5.32 Å². The summed E-state index contributed by atoms with van der Waals surface area (Å²) in [4.78, 5) is 11.7. The molecule has 1 rings (SSSR count). The van der Waals surface area contributed by atoms with Crippen LogP contribution >= 0.6 is 0 Å². The van der Waals surface area contributed by atoms with Crippen LogP contribution in [0.2, 0.25) is 0 Å². The van der Waals surface area contributed by atoms with Gasteiger partial charge in [-0.2, -0.15) is 0 Å². The molecule has 0 saturated heterocycles. The first-order valence-corrected chi connectivity index (χ1v) is 7.60. The first kappa shape index (κ1) is 16.5. The minimum absolute atomic E-state index is 0.140. The van der Waals surface area contributed by atoms with Crippen molar-refractivity contribution < 1.29 is 4.79 Å². The largest absolute Gasteiger partial charge is 0.338 e. The summed E-state index contributed by atoms with van der Waals surface area (Å²) in [5.41, 5.74) is 7.38. The molecule has 0 bridgehead atoms. The van der Waals surface area contributed by atoms with Crippen molar-refractivity contribution in [2.24, 2.45) is 5.73 Å². The molecular weight excluding hydrogens is 250 g/mol. The van der Waals surface area contributed by atoms with E-state index in [1.54, 1.807) is 0 Å². The highest BCUT2D eigenvalue weighted by Gasteiger charge is 2.00. The van der Waals surface area contributed by atoms with Crippen LogP contribution in [0.4, 0.5) is 10.5 Å². The summed E-state index contributed by atoms with van der Waals surface area (Å²) < 4.78 is 0. The van der Waals surface area contributed by atoms with Crippen molar-refractivity contribution in [3.63, 3.8) is 0 Å². The summed E-state index contributed by atoms with van der Waals surface area (Å²) in [6.45, 7) is 3.47. The van der Waals surface area contributed by atoms with Crippen molar-refractivity contribution >= 4 is 11.7 Å². The van der Waals surface area contributed by atoms with Crippen LogP contribution in [-0.2, 0) is 6.54 Å². The van der Waals surface area contributed by atoms with E-state index >= 15 is 0 Å². The van der Waals surface area contributed by atoms with E-state index < -0.39 is 0 Å². The molecule has 0 radical (unpaired) electrons. The number of urea groups is 1. The minimum atomic E-state index is -0.140. The third-order valence-corrected chi connectivity index (χ3v) is 3.26. The maximum Gasteiger partial charge on any atom is 0.319 e. The molecule has 112 valence electrons. The Labute approximate surface area is 122 Å². The van der Waals surface area contributed by atoms with Gasteiger partial charge >= 0.3 is 6.03 Å². The van der Waals surface area contributed by atoms with Gasteiger partial charge in [0.05, 0.1) is 0 Å². The van der Waals surface area contributed by atoms with Crippen molar-refractivity contribution in [3.8, 4) is 0 Å². The van der Waals surface area contributed by atoms with Gasteiger partial charge in [0.25, 0.3) is 0 Å². The molecule has 0 atom stereocenters. The average Bonchev–Trinajstić information content (AvgIpc) is 2.47. The fourth-order valence-electron chi connectivity index (χ4n) is 2.01. The zero-order chi connectivity index (χ0) is 14.6. The number of unbranched alkanes of at least 4 members (excludes halogenated alkanes) is 5. The first-order valence-electron chi connectivity index (χ1n) is 7.60. The molecule has 0 saturated carbocycles. The predicted octanol–water partition coefficient (Wildman–Crippen LogP) is 3.63. The molecule has 0 unspecified atom stereocenters. The molecule has 0 spiro atoms. The van der Waals surface area contributed by atoms with Crippen LogP contribution in [0.5, 0.6) is 0 Å². The number of nitrogens with two attached hydrogens (primary N) is 1. The normalized spacial score (nSPS) is 10.3. The molecule has 1 aromatic rings. The first-order chi connectivity index (χ1) is 9.76. The topological polar surface area (TPSA) is 67.2 Å². The van der Waals surface area contributed by atoms with E-state index in [-0.39, 0.29) is 6.03 Å². The quantitative estimate of drug-likeness (QED) is 0.603. The number of nitrogens with one attached hydrogen (secondary N) is 2. The Bertz CT molecular complexity index is 376. The van der Waals surface area contributed by atoms with Crippen LogP contribution in [0.1, 0.15) is 51.0 Å². The maximum absolute atomic E-state index is 11.7. The summed E-state index contributed by atoms with van der Waals surface area (Å²) in [5, 5.41) is 5.69. The van der Waals surface area contributed by atoms with E-state index in [1.165, 1.54) is 32.1 Å². The zero-order valence-electron chi connectivity index (χ0n) is 12.5. The molecule has 4 heteroatoms. The second-order valence-corrected chi connectivity index (χ2v) is 5.05. The Morgan fingerprint density at radius 1 is 1.05 bits per heavy atom. The molecule has 0 aliphatic carbocycles. The maximum atomic E-state index is 11.7. The predicted molar refractivity (Wildman–Crippen MR) is 84.7 cm³/mol. The highest BCUT2D eigenvalue weighted by atomic mass is 16.2. The molecule has 0 aliphatic heterocycles. The van der Waals surface area contributed by atoms with Gasteiger partial charge in [-0.25, -0.2) is 4.79 Å². The van der Waals surface area contributed by atoms with Crippen LogP contribution in [0.15, 0.2) is 24.3 Å². The van der Waals surface area contributed by atoms with Crippen LogP contribution < -0.4 is 16.4 Å². The molecule has 20 heavy (non-hydrogen) atoms. The van der Waals surface area contributed by atoms with E-state index in [1.807, 2.05) is 24.3 Å². The number of rotatable bonds is 9. The Balaban J connectivity index is 2.10. The van der Waals surface area contributed by atoms with Gasteiger partial charge in [0.1, 0.15) is 0 Å². The van der Waals surface area contributed by atoms with Crippen molar-refractivity contribution in [2.75, 3.05) is 11.9 Å². The van der Waals surface area contributed by atoms with Crippen molar-refractivity contribution in [3.05, 3.63) is 29.8 Å². The number of hydrogen-bond donors (Lipinski definition) is 3. The lowest BCUT2D eigenvalue weighted by Gasteiger charge is -2.08. The molecular formula is C16H27N3O. The third-order valence-electron chi connectivity index (χ3n) is 3.26. The average molecular weight is 277 g/mol. The molecule has 0 fully saturated rings. The molecule has 0 aromatic heterocycles. The standard InChI is InChI=1S/C16H27N3O/c1-2-3-4-5-6-7-12-18-16(20)19-15-10-8-14(13-17)9-11-15/h8-11H,2-7,12-13,17H2,1H3,(H2,18,19,20). The number of carbonyl (C=O) groups excluding carboxylic acids is 1. The van der Waals surface area contributed by atoms with E-state index in [0.29, 0.717) is 6.54 Å². The molecule has 4 N–H and O–H groups in total. The summed E-state index contributed by atoms with van der Waals surface area (Å²) in [5.74, 6) is 0. The monoisotopic (exact) mass is 277 g/mol. The molecule has 1 aromatic carbocycles. The molecule has 0 heterocycles. The van der Waals surface area contributed by atoms with Crippen LogP contribution in [-0.4, -0.2) is 12.6 Å². The van der Waals surface area contributed by atoms with Gasteiger partial charge in [-0.15, -0.1) is 0 Å². The summed E-state index contributed by atoms with van der Waals surface area (Å²) >= 11 is 0. The number of hydrogen-bond acceptors (Lipinski definition) is 2. The van der Waals surface area contributed by atoms with Gasteiger partial charge in [0.2, 0.25) is 0 Å². The molecule has 4 nitrogen and oxygen atoms in total. The van der Waals surface area contributed by atoms with Gasteiger partial charge in [0.15, 0.2) is 0 Å². The number of anilines is 1. The number of benzene rings is 1. The number of amides is 2. The van der Waals surface area contributed by atoms with E-state index in [4.69, 9.17) is 5.73 Å². The van der Waals surface area contributed by atoms with E-state index in [9.17, 15) is 4.79 Å². The third kappa shape index (κ3) is 7.14. The summed E-state index contributed by atoms with van der Waals surface area (Å²) in [6.07, 6.45) is 7.37. The van der Waals surface area contributed by atoms with Gasteiger partial charge in [-0.1, -0.05) is 51.2 Å². The van der Waals surface area contributed by atoms with Gasteiger partial charge in [-0.05, 0) is 24.1 Å². The fraction of sp³-hybridized carbons (Fsp3) is 0.562.